The van der Waals surface area contributed by atoms with Gasteiger partial charge in [-0.15, -0.1) is 0 Å². The molecule has 1 rings (SSSR count). The Morgan fingerprint density at radius 1 is 1.25 bits per heavy atom. The van der Waals surface area contributed by atoms with Crippen LogP contribution in [0.5, 0.6) is 0 Å². The van der Waals surface area contributed by atoms with E-state index in [9.17, 15) is 15.0 Å². The fourth-order valence-electron chi connectivity index (χ4n) is 2.58. The molecule has 2 atom stereocenters. The van der Waals surface area contributed by atoms with Crippen LogP contribution in [0.15, 0.2) is 24.3 Å². The van der Waals surface area contributed by atoms with Crippen LogP contribution in [0.25, 0.3) is 0 Å². The molecule has 0 aliphatic heterocycles. The van der Waals surface area contributed by atoms with E-state index in [0.717, 1.165) is 12.8 Å². The molecular weight excluding hydrogens is 252 g/mol. The number of hydrogen-bond acceptors (Lipinski definition) is 2. The van der Waals surface area contributed by atoms with Crippen molar-refractivity contribution in [2.24, 2.45) is 11.8 Å². The summed E-state index contributed by atoms with van der Waals surface area (Å²) in [5.41, 5.74) is 0.547. The Kier molecular flexibility index (Phi) is 5.75. The molecule has 2 N–H and O–H groups in total. The van der Waals surface area contributed by atoms with E-state index in [0.29, 0.717) is 17.9 Å². The molecule has 1 aromatic rings. The molecule has 0 radical (unpaired) electrons. The van der Waals surface area contributed by atoms with E-state index in [-0.39, 0.29) is 0 Å². The summed E-state index contributed by atoms with van der Waals surface area (Å²) in [5.74, 6) is -1.14. The molecular formula is C17H26O3. The quantitative estimate of drug-likeness (QED) is 0.801. The average Bonchev–Trinajstić information content (AvgIpc) is 2.35. The molecule has 20 heavy (non-hydrogen) atoms. The van der Waals surface area contributed by atoms with Crippen molar-refractivity contribution in [1.29, 1.82) is 0 Å². The Balaban J connectivity index is 2.98. The van der Waals surface area contributed by atoms with Gasteiger partial charge in [-0.1, -0.05) is 51.5 Å². The highest BCUT2D eigenvalue weighted by Gasteiger charge is 2.38. The fourth-order valence-corrected chi connectivity index (χ4v) is 2.58. The van der Waals surface area contributed by atoms with Gasteiger partial charge in [0.1, 0.15) is 5.60 Å². The summed E-state index contributed by atoms with van der Waals surface area (Å²) in [6, 6.07) is 7.66. The summed E-state index contributed by atoms with van der Waals surface area (Å²) in [6.45, 7) is 7.84. The number of hydrogen-bond donors (Lipinski definition) is 2. The van der Waals surface area contributed by atoms with Crippen LogP contribution in [0.3, 0.4) is 0 Å². The predicted octanol–water partition coefficient (Wildman–Crippen LogP) is 3.59. The van der Waals surface area contributed by atoms with Gasteiger partial charge < -0.3 is 10.2 Å². The summed E-state index contributed by atoms with van der Waals surface area (Å²) in [6.07, 6.45) is 2.19. The fraction of sp³-hybridized carbons (Fsp3) is 0.588. The summed E-state index contributed by atoms with van der Waals surface area (Å²) >= 11 is 0. The monoisotopic (exact) mass is 278 g/mol. The number of carboxylic acid groups (broad SMARTS) is 1. The van der Waals surface area contributed by atoms with E-state index in [2.05, 4.69) is 13.8 Å². The van der Waals surface area contributed by atoms with E-state index in [1.54, 1.807) is 6.92 Å². The smallest absolute Gasteiger partial charge is 0.309 e. The Morgan fingerprint density at radius 2 is 1.80 bits per heavy atom. The van der Waals surface area contributed by atoms with Gasteiger partial charge in [0.05, 0.1) is 5.92 Å². The van der Waals surface area contributed by atoms with Crippen LogP contribution in [-0.4, -0.2) is 16.2 Å². The van der Waals surface area contributed by atoms with Crippen LogP contribution >= 0.6 is 0 Å². The first-order valence-corrected chi connectivity index (χ1v) is 7.33. The second-order valence-electron chi connectivity index (χ2n) is 6.12. The second-order valence-corrected chi connectivity index (χ2v) is 6.12. The Hall–Kier alpha value is -1.35. The predicted molar refractivity (Wildman–Crippen MR) is 80.6 cm³/mol. The normalized spacial score (nSPS) is 15.9. The van der Waals surface area contributed by atoms with Crippen molar-refractivity contribution in [2.75, 3.05) is 0 Å². The van der Waals surface area contributed by atoms with Crippen molar-refractivity contribution < 1.29 is 15.0 Å². The van der Waals surface area contributed by atoms with Gasteiger partial charge >= 0.3 is 5.97 Å². The minimum atomic E-state index is -1.34. The van der Waals surface area contributed by atoms with Crippen molar-refractivity contribution in [2.45, 2.75) is 52.6 Å². The maximum atomic E-state index is 11.4. The van der Waals surface area contributed by atoms with Crippen LogP contribution in [0.2, 0.25) is 0 Å². The minimum Gasteiger partial charge on any atom is -0.481 e. The molecule has 3 nitrogen and oxygen atoms in total. The number of carbonyl (C=O) groups is 1. The zero-order valence-electron chi connectivity index (χ0n) is 12.9. The molecule has 0 aromatic heterocycles. The summed E-state index contributed by atoms with van der Waals surface area (Å²) < 4.78 is 0. The minimum absolute atomic E-state index is 0.468. The first-order chi connectivity index (χ1) is 9.28. The molecule has 0 bridgehead atoms. The summed E-state index contributed by atoms with van der Waals surface area (Å²) in [4.78, 5) is 11.4. The van der Waals surface area contributed by atoms with Gasteiger partial charge in [-0.05, 0) is 36.8 Å². The zero-order valence-corrected chi connectivity index (χ0v) is 12.9. The largest absolute Gasteiger partial charge is 0.481 e. The van der Waals surface area contributed by atoms with Gasteiger partial charge in [0.15, 0.2) is 0 Å². The third-order valence-corrected chi connectivity index (χ3v) is 3.74. The number of aliphatic hydroxyl groups is 1. The molecule has 0 heterocycles. The molecule has 0 saturated carbocycles. The van der Waals surface area contributed by atoms with Gasteiger partial charge in [0.25, 0.3) is 0 Å². The van der Waals surface area contributed by atoms with Crippen LogP contribution in [-0.2, 0) is 16.8 Å². The van der Waals surface area contributed by atoms with E-state index >= 15 is 0 Å². The van der Waals surface area contributed by atoms with E-state index < -0.39 is 17.5 Å². The second kappa shape index (κ2) is 6.89. The molecule has 0 amide bonds. The highest BCUT2D eigenvalue weighted by Crippen LogP contribution is 2.33. The Morgan fingerprint density at radius 3 is 2.20 bits per heavy atom. The lowest BCUT2D eigenvalue weighted by Gasteiger charge is -2.30. The number of aliphatic carboxylic acids is 1. The van der Waals surface area contributed by atoms with E-state index in [1.165, 1.54) is 5.56 Å². The van der Waals surface area contributed by atoms with Crippen molar-refractivity contribution in [3.63, 3.8) is 0 Å². The molecule has 2 unspecified atom stereocenters. The van der Waals surface area contributed by atoms with Gasteiger partial charge in [-0.3, -0.25) is 4.79 Å². The topological polar surface area (TPSA) is 57.5 Å². The van der Waals surface area contributed by atoms with Gasteiger partial charge in [0.2, 0.25) is 0 Å². The third-order valence-electron chi connectivity index (χ3n) is 3.74. The van der Waals surface area contributed by atoms with Crippen LogP contribution in [0.1, 0.15) is 51.7 Å². The summed E-state index contributed by atoms with van der Waals surface area (Å²) in [7, 11) is 0. The van der Waals surface area contributed by atoms with Gasteiger partial charge in [-0.2, -0.15) is 0 Å². The maximum Gasteiger partial charge on any atom is 0.309 e. The summed E-state index contributed by atoms with van der Waals surface area (Å²) in [5, 5.41) is 20.0. The lowest BCUT2D eigenvalue weighted by molar-refractivity contribution is -0.152. The number of benzene rings is 1. The highest BCUT2D eigenvalue weighted by molar-refractivity contribution is 5.72. The molecule has 0 spiro atoms. The van der Waals surface area contributed by atoms with Gasteiger partial charge in [-0.25, -0.2) is 0 Å². The Labute approximate surface area is 121 Å². The standard InChI is InChI=1S/C17H26O3/c1-5-6-15(16(18)19)17(4,20)14-9-7-13(8-10-14)11-12(2)3/h7-10,12,15,20H,5-6,11H2,1-4H3,(H,18,19). The van der Waals surface area contributed by atoms with Crippen LogP contribution in [0.4, 0.5) is 0 Å². The van der Waals surface area contributed by atoms with Crippen molar-refractivity contribution in [1.82, 2.24) is 0 Å². The van der Waals surface area contributed by atoms with Crippen molar-refractivity contribution in [3.8, 4) is 0 Å². The Bertz CT molecular complexity index is 432. The molecule has 0 aliphatic rings. The molecule has 3 heteroatoms. The number of rotatable bonds is 7. The van der Waals surface area contributed by atoms with E-state index in [1.807, 2.05) is 31.2 Å². The van der Waals surface area contributed by atoms with Crippen LogP contribution in [0, 0.1) is 11.8 Å². The van der Waals surface area contributed by atoms with Crippen molar-refractivity contribution >= 4 is 5.97 Å². The molecule has 1 aromatic carbocycles. The van der Waals surface area contributed by atoms with Crippen molar-refractivity contribution in [3.05, 3.63) is 35.4 Å². The first kappa shape index (κ1) is 16.7. The van der Waals surface area contributed by atoms with Crippen LogP contribution < -0.4 is 0 Å². The third kappa shape index (κ3) is 4.07. The molecule has 0 aliphatic carbocycles. The molecule has 112 valence electrons. The number of carboxylic acids is 1. The average molecular weight is 278 g/mol. The first-order valence-electron chi connectivity index (χ1n) is 7.33. The highest BCUT2D eigenvalue weighted by atomic mass is 16.4. The zero-order chi connectivity index (χ0) is 15.3. The van der Waals surface area contributed by atoms with Gasteiger partial charge in [0, 0.05) is 0 Å². The SMILES string of the molecule is CCCC(C(=O)O)C(C)(O)c1ccc(CC(C)C)cc1. The molecule has 0 fully saturated rings. The lowest BCUT2D eigenvalue weighted by atomic mass is 9.80. The van der Waals surface area contributed by atoms with E-state index in [4.69, 9.17) is 0 Å². The molecule has 0 saturated heterocycles. The lowest BCUT2D eigenvalue weighted by Crippen LogP contribution is -2.37. The maximum absolute atomic E-state index is 11.4.